The number of nitrogens with two attached hydrogens (primary N) is 7. The maximum atomic E-state index is 14.8. The van der Waals surface area contributed by atoms with Crippen LogP contribution in [0.5, 0.6) is 0 Å². The van der Waals surface area contributed by atoms with Gasteiger partial charge in [0.25, 0.3) is 0 Å². The molecule has 0 heterocycles. The summed E-state index contributed by atoms with van der Waals surface area (Å²) in [6, 6.07) is -17.6. The molecule has 36 nitrogen and oxygen atoms in total. The zero-order valence-electron chi connectivity index (χ0n) is 74.5. The van der Waals surface area contributed by atoms with Crippen LogP contribution >= 0.6 is 0 Å². The van der Waals surface area contributed by atoms with E-state index in [-0.39, 0.29) is 151 Å². The maximum Gasteiger partial charge on any atom is 0.303 e. The molecule has 14 amide bonds. The summed E-state index contributed by atoms with van der Waals surface area (Å²) in [6.07, 6.45) is 4.12. The summed E-state index contributed by atoms with van der Waals surface area (Å²) < 4.78 is 0. The summed E-state index contributed by atoms with van der Waals surface area (Å²) in [7, 11) is 0. The Bertz CT molecular complexity index is 3100. The molecule has 0 fully saturated rings. The molecule has 0 saturated carbocycles. The van der Waals surface area contributed by atoms with E-state index in [1.807, 2.05) is 83.1 Å². The lowest BCUT2D eigenvalue weighted by molar-refractivity contribution is -0.139. The zero-order valence-corrected chi connectivity index (χ0v) is 74.5. The third-order valence-electron chi connectivity index (χ3n) is 19.6. The van der Waals surface area contributed by atoms with Crippen molar-refractivity contribution in [2.45, 2.75) is 356 Å². The van der Waals surface area contributed by atoms with Gasteiger partial charge in [-0.15, -0.1) is 0 Å². The first-order valence-electron chi connectivity index (χ1n) is 43.6. The van der Waals surface area contributed by atoms with Crippen LogP contribution in [-0.2, 0) is 71.9 Å². The highest BCUT2D eigenvalue weighted by Gasteiger charge is 2.39. The molecular weight excluding hydrogens is 1530 g/mol. The van der Waals surface area contributed by atoms with Gasteiger partial charge in [0.2, 0.25) is 82.7 Å². The lowest BCUT2D eigenvalue weighted by atomic mass is 9.98. The lowest BCUT2D eigenvalue weighted by Gasteiger charge is -2.30. The zero-order chi connectivity index (χ0) is 90.8. The second-order valence-corrected chi connectivity index (χ2v) is 35.2. The average Bonchev–Trinajstić information content (AvgIpc) is 0.857. The molecule has 0 aromatic carbocycles. The molecular formula is C83H158N20O16. The van der Waals surface area contributed by atoms with Gasteiger partial charge in [0.15, 0.2) is 0 Å². The topological polar surface area (TPSA) is 615 Å². The van der Waals surface area contributed by atoms with Crippen LogP contribution in [0.25, 0.3) is 0 Å². The van der Waals surface area contributed by atoms with Gasteiger partial charge >= 0.3 is 5.97 Å². The Balaban J connectivity index is 7.42. The van der Waals surface area contributed by atoms with Gasteiger partial charge in [-0.25, -0.2) is 0 Å². The van der Waals surface area contributed by atoms with Crippen LogP contribution in [0.2, 0.25) is 0 Å². The molecule has 0 aromatic rings. The van der Waals surface area contributed by atoms with Crippen LogP contribution in [0.1, 0.15) is 271 Å². The first-order chi connectivity index (χ1) is 55.8. The molecule has 0 spiro atoms. The minimum absolute atomic E-state index is 0.00139. The van der Waals surface area contributed by atoms with Crippen molar-refractivity contribution < 1.29 is 77.0 Å². The second kappa shape index (κ2) is 61.2. The van der Waals surface area contributed by atoms with Gasteiger partial charge in [-0.2, -0.15) is 0 Å². The van der Waals surface area contributed by atoms with E-state index in [9.17, 15) is 77.0 Å². The highest BCUT2D eigenvalue weighted by molar-refractivity contribution is 6.00. The summed E-state index contributed by atoms with van der Waals surface area (Å²) >= 11 is 0. The number of rotatable bonds is 66. The number of carboxylic acids is 1. The third kappa shape index (κ3) is 48.7. The number of hydrogen-bond acceptors (Lipinski definition) is 21. The highest BCUT2D eigenvalue weighted by Crippen LogP contribution is 2.19. The van der Waals surface area contributed by atoms with Gasteiger partial charge in [0.1, 0.15) is 78.5 Å². The van der Waals surface area contributed by atoms with E-state index in [0.717, 1.165) is 0 Å². The largest absolute Gasteiger partial charge is 0.481 e. The highest BCUT2D eigenvalue weighted by atomic mass is 16.4. The van der Waals surface area contributed by atoms with E-state index >= 15 is 0 Å². The SMILES string of the molecule is CC(C)C[C@H](NC(=O)[C@H](CC(C)C)NC(=O)[C@H](CCCCN)NC(=O)[C@H](CCC(=O)O)NC(=O)[C@H](CC(C)C)NC(=O)[C@H](CC(C)C)NC(=O)[C@H](CCCCN)NC(=O)[C@H](CCCCN)NC(=O)[C@H](CC(C)C)NC(=O)[C@H](CC(C)C)NC(=O)[C@H](CCCCN)NC(=O)[C@H](CCCCN)NC(=O)[C@H](CC(C)C)NC(=O)[C@@H](N)CC(C)C)C(N)=O. The van der Waals surface area contributed by atoms with Crippen molar-refractivity contribution >= 4 is 88.7 Å². The van der Waals surface area contributed by atoms with Gasteiger partial charge in [-0.05, 0) is 234 Å². The number of primary amides is 1. The molecule has 36 heteroatoms. The molecule has 0 saturated heterocycles. The van der Waals surface area contributed by atoms with E-state index in [1.54, 1.807) is 27.7 Å². The molecule has 686 valence electrons. The summed E-state index contributed by atoms with van der Waals surface area (Å²) in [5, 5.41) is 45.7. The molecule has 0 radical (unpaired) electrons. The summed E-state index contributed by atoms with van der Waals surface area (Å²) in [5.74, 6) is -13.1. The van der Waals surface area contributed by atoms with Crippen LogP contribution in [-0.4, -0.2) is 211 Å². The Morgan fingerprint density at radius 2 is 0.370 bits per heavy atom. The number of unbranched alkanes of at least 4 members (excludes halogenated alkanes) is 5. The fourth-order valence-electron chi connectivity index (χ4n) is 13.4. The first kappa shape index (κ1) is 111. The molecule has 0 aliphatic carbocycles. The minimum Gasteiger partial charge on any atom is -0.481 e. The monoisotopic (exact) mass is 1690 g/mol. The van der Waals surface area contributed by atoms with Crippen molar-refractivity contribution in [1.82, 2.24) is 69.1 Å². The predicted octanol–water partition coefficient (Wildman–Crippen LogP) is 0.980. The van der Waals surface area contributed by atoms with Gasteiger partial charge in [0, 0.05) is 6.42 Å². The van der Waals surface area contributed by atoms with Crippen LogP contribution < -0.4 is 109 Å². The van der Waals surface area contributed by atoms with Crippen LogP contribution in [0, 0.1) is 47.3 Å². The Kier molecular flexibility index (Phi) is 56.9. The minimum atomic E-state index is -1.60. The van der Waals surface area contributed by atoms with Crippen molar-refractivity contribution in [1.29, 1.82) is 0 Å². The predicted molar refractivity (Wildman–Crippen MR) is 459 cm³/mol. The molecule has 0 aliphatic heterocycles. The molecule has 0 aliphatic rings. The Labute approximate surface area is 707 Å². The fraction of sp³-hybridized carbons (Fsp3) is 0.819. The van der Waals surface area contributed by atoms with Crippen LogP contribution in [0.3, 0.4) is 0 Å². The van der Waals surface area contributed by atoms with Crippen molar-refractivity contribution in [2.75, 3.05) is 32.7 Å². The van der Waals surface area contributed by atoms with E-state index < -0.39 is 186 Å². The number of carbonyl (C=O) groups excluding carboxylic acids is 14. The normalized spacial score (nSPS) is 15.2. The molecule has 119 heavy (non-hydrogen) atoms. The number of nitrogens with one attached hydrogen (secondary N) is 13. The quantitative estimate of drug-likeness (QED) is 0.0377. The lowest BCUT2D eigenvalue weighted by Crippen LogP contribution is -2.61. The van der Waals surface area contributed by atoms with Crippen molar-refractivity contribution in [3.63, 3.8) is 0 Å². The van der Waals surface area contributed by atoms with Crippen LogP contribution in [0.4, 0.5) is 0 Å². The molecule has 0 aromatic heterocycles. The standard InChI is InChI=1S/C83H158N20O16/c1-47(2)39-55(89)71(107)98-63(41-49(5)6)78(114)94-56(27-17-22-34-84)72(108)91-58(29-19-24-36-86)74(110)100-67(45-53(13)14)82(118)102-64(42-50(7)8)79(115)95-57(28-18-23-35-85)73(109)92-59(30-20-25-37-87)75(111)101-68(46-54(15)16)83(119)103-65(43-51(9)10)80(116)96-61(32-33-69(104)105)77(113)93-60(31-21-26-38-88)76(112)99-66(44-52(11)12)81(117)97-62(70(90)106)40-48(3)4/h47-68H,17-46,84-89H2,1-16H3,(H2,90,106)(H,91,108)(H,92,109)(H,93,113)(H,94,114)(H,95,115)(H,96,116)(H,97,117)(H,98,107)(H,99,112)(H,100,110)(H,101,111)(H,102,118)(H,103,119)(H,104,105)/t55-,56-,57-,58-,59-,60-,61-,62-,63-,64-,65-,66-,67-,68-/m0/s1. The van der Waals surface area contributed by atoms with E-state index in [0.29, 0.717) is 77.2 Å². The Morgan fingerprint density at radius 1 is 0.218 bits per heavy atom. The maximum absolute atomic E-state index is 14.8. The van der Waals surface area contributed by atoms with E-state index in [1.165, 1.54) is 0 Å². The average molecular weight is 1690 g/mol. The number of amides is 14. The molecule has 28 N–H and O–H groups in total. The van der Waals surface area contributed by atoms with Crippen molar-refractivity contribution in [2.24, 2.45) is 87.5 Å². The van der Waals surface area contributed by atoms with E-state index in [4.69, 9.17) is 40.1 Å². The first-order valence-corrected chi connectivity index (χ1v) is 43.6. The summed E-state index contributed by atoms with van der Waals surface area (Å²) in [5.41, 5.74) is 41.2. The third-order valence-corrected chi connectivity index (χ3v) is 19.6. The van der Waals surface area contributed by atoms with Gasteiger partial charge in [0.05, 0.1) is 6.04 Å². The Morgan fingerprint density at radius 3 is 0.538 bits per heavy atom. The van der Waals surface area contributed by atoms with Crippen LogP contribution in [0.15, 0.2) is 0 Å². The number of carboxylic acid groups (broad SMARTS) is 1. The molecule has 0 rings (SSSR count). The van der Waals surface area contributed by atoms with Gasteiger partial charge < -0.3 is 114 Å². The van der Waals surface area contributed by atoms with Gasteiger partial charge in [-0.1, -0.05) is 111 Å². The van der Waals surface area contributed by atoms with Gasteiger partial charge in [-0.3, -0.25) is 71.9 Å². The smallest absolute Gasteiger partial charge is 0.303 e. The Hall–Kier alpha value is -8.19. The summed E-state index contributed by atoms with van der Waals surface area (Å²) in [6.45, 7) is 30.6. The van der Waals surface area contributed by atoms with Crippen molar-refractivity contribution in [3.05, 3.63) is 0 Å². The molecule has 14 atom stereocenters. The number of carbonyl (C=O) groups is 15. The van der Waals surface area contributed by atoms with Crippen molar-refractivity contribution in [3.8, 4) is 0 Å². The molecule has 0 bridgehead atoms. The van der Waals surface area contributed by atoms with E-state index in [2.05, 4.69) is 69.1 Å². The number of aliphatic carboxylic acids is 1. The second-order valence-electron chi connectivity index (χ2n) is 35.2. The molecule has 0 unspecified atom stereocenters. The summed E-state index contributed by atoms with van der Waals surface area (Å²) in [4.78, 5) is 212. The number of hydrogen-bond donors (Lipinski definition) is 21. The fourth-order valence-corrected chi connectivity index (χ4v) is 13.4.